The second-order valence-electron chi connectivity index (χ2n) is 3.14. The molecule has 0 atom stereocenters. The Morgan fingerprint density at radius 1 is 1.44 bits per heavy atom. The minimum Gasteiger partial charge on any atom is -0.466 e. The highest BCUT2D eigenvalue weighted by molar-refractivity contribution is 9.08. The van der Waals surface area contributed by atoms with E-state index in [9.17, 15) is 4.79 Å². The number of ether oxygens (including phenoxy) is 1. The number of benzene rings is 1. The quantitative estimate of drug-likeness (QED) is 0.618. The van der Waals surface area contributed by atoms with Crippen molar-refractivity contribution in [3.8, 4) is 0 Å². The number of carbonyl (C=O) groups excluding carboxylic acids is 1. The first-order chi connectivity index (χ1) is 7.58. The fourth-order valence-electron chi connectivity index (χ4n) is 1.33. The number of hydrogen-bond acceptors (Lipinski definition) is 2. The first-order valence-corrected chi connectivity index (χ1v) is 6.64. The van der Waals surface area contributed by atoms with Crippen LogP contribution in [0.3, 0.4) is 0 Å². The molecule has 0 fully saturated rings. The average Bonchev–Trinajstić information content (AvgIpc) is 2.17. The number of esters is 1. The highest BCUT2D eigenvalue weighted by Crippen LogP contribution is 2.27. The number of halogens is 3. The molecule has 0 aliphatic heterocycles. The number of alkyl halides is 1. The standard InChI is InChI=1S/C11H11BrCl2O2/c1-2-16-11(15)4-7-3-8(13)5-10(14)9(7)6-12/h3,5H,2,4,6H2,1H3. The minimum absolute atomic E-state index is 0.190. The number of rotatable bonds is 4. The monoisotopic (exact) mass is 324 g/mol. The van der Waals surface area contributed by atoms with Gasteiger partial charge in [-0.05, 0) is 30.2 Å². The molecule has 5 heteroatoms. The van der Waals surface area contributed by atoms with Gasteiger partial charge >= 0.3 is 5.97 Å². The number of carbonyl (C=O) groups is 1. The third-order valence-electron chi connectivity index (χ3n) is 2.03. The molecule has 1 aromatic rings. The van der Waals surface area contributed by atoms with E-state index in [4.69, 9.17) is 27.9 Å². The van der Waals surface area contributed by atoms with E-state index in [-0.39, 0.29) is 12.4 Å². The second kappa shape index (κ2) is 6.48. The summed E-state index contributed by atoms with van der Waals surface area (Å²) >= 11 is 15.2. The SMILES string of the molecule is CCOC(=O)Cc1cc(Cl)cc(Cl)c1CBr. The summed E-state index contributed by atoms with van der Waals surface area (Å²) in [6, 6.07) is 3.40. The molecule has 0 saturated heterocycles. The van der Waals surface area contributed by atoms with Crippen molar-refractivity contribution in [1.82, 2.24) is 0 Å². The van der Waals surface area contributed by atoms with E-state index in [2.05, 4.69) is 15.9 Å². The predicted molar refractivity (Wildman–Crippen MR) is 69.4 cm³/mol. The van der Waals surface area contributed by atoms with Gasteiger partial charge in [-0.15, -0.1) is 0 Å². The summed E-state index contributed by atoms with van der Waals surface area (Å²) in [6.07, 6.45) is 0.190. The zero-order valence-corrected chi connectivity index (χ0v) is 11.8. The first kappa shape index (κ1) is 13.8. The Labute approximate surface area is 113 Å². The Bertz CT molecular complexity index is 394. The van der Waals surface area contributed by atoms with Gasteiger partial charge < -0.3 is 4.74 Å². The third-order valence-corrected chi connectivity index (χ3v) is 3.14. The lowest BCUT2D eigenvalue weighted by molar-refractivity contribution is -0.142. The lowest BCUT2D eigenvalue weighted by Crippen LogP contribution is -2.09. The van der Waals surface area contributed by atoms with Crippen LogP contribution in [0, 0.1) is 0 Å². The van der Waals surface area contributed by atoms with Crippen LogP contribution in [0.1, 0.15) is 18.1 Å². The van der Waals surface area contributed by atoms with Gasteiger partial charge in [-0.1, -0.05) is 39.1 Å². The van der Waals surface area contributed by atoms with E-state index in [0.29, 0.717) is 22.0 Å². The van der Waals surface area contributed by atoms with Gasteiger partial charge in [0.15, 0.2) is 0 Å². The van der Waals surface area contributed by atoms with Crippen LogP contribution in [0.25, 0.3) is 0 Å². The topological polar surface area (TPSA) is 26.3 Å². The van der Waals surface area contributed by atoms with E-state index in [1.807, 2.05) is 0 Å². The fraction of sp³-hybridized carbons (Fsp3) is 0.364. The van der Waals surface area contributed by atoms with Crippen LogP contribution in [-0.2, 0) is 21.3 Å². The van der Waals surface area contributed by atoms with Gasteiger partial charge in [-0.2, -0.15) is 0 Å². The van der Waals surface area contributed by atoms with Gasteiger partial charge in [-0.25, -0.2) is 0 Å². The molecule has 0 bridgehead atoms. The Balaban J connectivity index is 2.97. The zero-order valence-electron chi connectivity index (χ0n) is 8.73. The molecular formula is C11H11BrCl2O2. The Hall–Kier alpha value is -0.250. The molecule has 0 aromatic heterocycles. The summed E-state index contributed by atoms with van der Waals surface area (Å²) in [4.78, 5) is 11.4. The van der Waals surface area contributed by atoms with Crippen molar-refractivity contribution >= 4 is 45.1 Å². The van der Waals surface area contributed by atoms with Crippen LogP contribution < -0.4 is 0 Å². The normalized spacial score (nSPS) is 10.2. The summed E-state index contributed by atoms with van der Waals surface area (Å²) in [5.74, 6) is -0.275. The summed E-state index contributed by atoms with van der Waals surface area (Å²) in [5, 5.41) is 1.66. The largest absolute Gasteiger partial charge is 0.466 e. The molecule has 1 aromatic carbocycles. The molecule has 0 aliphatic carbocycles. The van der Waals surface area contributed by atoms with Gasteiger partial charge in [-0.3, -0.25) is 4.79 Å². The van der Waals surface area contributed by atoms with Gasteiger partial charge in [0.05, 0.1) is 13.0 Å². The molecule has 0 spiro atoms. The Kier molecular flexibility index (Phi) is 5.59. The molecule has 0 radical (unpaired) electrons. The van der Waals surface area contributed by atoms with Crippen LogP contribution in [0.4, 0.5) is 0 Å². The van der Waals surface area contributed by atoms with Gasteiger partial charge in [0.2, 0.25) is 0 Å². The summed E-state index contributed by atoms with van der Waals surface area (Å²) in [6.45, 7) is 2.14. The molecule has 0 unspecified atom stereocenters. The second-order valence-corrected chi connectivity index (χ2v) is 4.55. The van der Waals surface area contributed by atoms with E-state index in [0.717, 1.165) is 11.1 Å². The summed E-state index contributed by atoms with van der Waals surface area (Å²) in [7, 11) is 0. The molecule has 0 amide bonds. The maximum atomic E-state index is 11.4. The fourth-order valence-corrected chi connectivity index (χ4v) is 2.76. The van der Waals surface area contributed by atoms with E-state index >= 15 is 0 Å². The molecule has 16 heavy (non-hydrogen) atoms. The van der Waals surface area contributed by atoms with Crippen molar-refractivity contribution in [2.24, 2.45) is 0 Å². The lowest BCUT2D eigenvalue weighted by Gasteiger charge is -2.09. The van der Waals surface area contributed by atoms with Crippen LogP contribution in [0.2, 0.25) is 10.0 Å². The predicted octanol–water partition coefficient (Wildman–Crippen LogP) is 3.99. The van der Waals surface area contributed by atoms with Gasteiger partial charge in [0.25, 0.3) is 0 Å². The minimum atomic E-state index is -0.275. The molecule has 88 valence electrons. The van der Waals surface area contributed by atoms with Gasteiger partial charge in [0, 0.05) is 15.4 Å². The smallest absolute Gasteiger partial charge is 0.310 e. The maximum Gasteiger partial charge on any atom is 0.310 e. The van der Waals surface area contributed by atoms with E-state index < -0.39 is 0 Å². The van der Waals surface area contributed by atoms with Crippen LogP contribution in [0.15, 0.2) is 12.1 Å². The van der Waals surface area contributed by atoms with Crippen molar-refractivity contribution < 1.29 is 9.53 Å². The van der Waals surface area contributed by atoms with Crippen molar-refractivity contribution in [2.75, 3.05) is 6.61 Å². The molecule has 0 aliphatic rings. The van der Waals surface area contributed by atoms with E-state index in [1.54, 1.807) is 19.1 Å². The first-order valence-electron chi connectivity index (χ1n) is 4.76. The molecular weight excluding hydrogens is 315 g/mol. The van der Waals surface area contributed by atoms with Crippen LogP contribution in [-0.4, -0.2) is 12.6 Å². The van der Waals surface area contributed by atoms with Crippen molar-refractivity contribution in [2.45, 2.75) is 18.7 Å². The Morgan fingerprint density at radius 3 is 2.69 bits per heavy atom. The lowest BCUT2D eigenvalue weighted by atomic mass is 10.1. The molecule has 0 heterocycles. The van der Waals surface area contributed by atoms with Crippen molar-refractivity contribution in [3.05, 3.63) is 33.3 Å². The average molecular weight is 326 g/mol. The third kappa shape index (κ3) is 3.65. The molecule has 0 N–H and O–H groups in total. The summed E-state index contributed by atoms with van der Waals surface area (Å²) in [5.41, 5.74) is 1.67. The maximum absolute atomic E-state index is 11.4. The molecule has 1 rings (SSSR count). The van der Waals surface area contributed by atoms with Crippen LogP contribution >= 0.6 is 39.1 Å². The zero-order chi connectivity index (χ0) is 12.1. The number of hydrogen-bond donors (Lipinski definition) is 0. The Morgan fingerprint density at radius 2 is 2.12 bits per heavy atom. The van der Waals surface area contributed by atoms with Gasteiger partial charge in [0.1, 0.15) is 0 Å². The molecule has 0 saturated carbocycles. The van der Waals surface area contributed by atoms with Crippen molar-refractivity contribution in [1.29, 1.82) is 0 Å². The van der Waals surface area contributed by atoms with E-state index in [1.165, 1.54) is 0 Å². The highest BCUT2D eigenvalue weighted by Gasteiger charge is 2.12. The molecule has 2 nitrogen and oxygen atoms in total. The summed E-state index contributed by atoms with van der Waals surface area (Å²) < 4.78 is 4.88. The highest BCUT2D eigenvalue weighted by atomic mass is 79.9. The van der Waals surface area contributed by atoms with Crippen LogP contribution in [0.5, 0.6) is 0 Å². The van der Waals surface area contributed by atoms with Crippen molar-refractivity contribution in [3.63, 3.8) is 0 Å².